The molecular weight excluding hydrogens is 240 g/mol. The van der Waals surface area contributed by atoms with E-state index in [0.29, 0.717) is 24.0 Å². The third kappa shape index (κ3) is 3.44. The van der Waals surface area contributed by atoms with E-state index in [1.165, 1.54) is 0 Å². The maximum Gasteiger partial charge on any atom is 0.140 e. The molecule has 5 heteroatoms. The summed E-state index contributed by atoms with van der Waals surface area (Å²) in [4.78, 5) is 6.45. The van der Waals surface area contributed by atoms with E-state index in [4.69, 9.17) is 11.1 Å². The van der Waals surface area contributed by atoms with Crippen molar-refractivity contribution in [2.24, 2.45) is 5.73 Å². The Kier molecular flexibility index (Phi) is 5.76. The summed E-state index contributed by atoms with van der Waals surface area (Å²) < 4.78 is 0. The highest BCUT2D eigenvalue weighted by atomic mass is 16.3. The Labute approximate surface area is 115 Å². The van der Waals surface area contributed by atoms with Gasteiger partial charge in [-0.25, -0.2) is 4.98 Å². The van der Waals surface area contributed by atoms with E-state index in [2.05, 4.69) is 23.7 Å². The standard InChI is InChI=1S/C14H24N4O/c1-4-11(5-2)18(8-9-19)14-12(13(15)16)10(3)6-7-17-14/h6-7,11,19H,4-5,8-9H2,1-3H3,(H3,15,16). The minimum atomic E-state index is 0.0227. The van der Waals surface area contributed by atoms with Gasteiger partial charge >= 0.3 is 0 Å². The number of hydrogen-bond donors (Lipinski definition) is 3. The molecule has 1 aromatic rings. The van der Waals surface area contributed by atoms with Crippen LogP contribution < -0.4 is 10.6 Å². The van der Waals surface area contributed by atoms with Gasteiger partial charge in [0.25, 0.3) is 0 Å². The third-order valence-corrected chi connectivity index (χ3v) is 3.40. The average Bonchev–Trinajstić information content (AvgIpc) is 2.38. The van der Waals surface area contributed by atoms with Gasteiger partial charge in [0.15, 0.2) is 0 Å². The molecule has 0 aromatic carbocycles. The van der Waals surface area contributed by atoms with Crippen LogP contribution >= 0.6 is 0 Å². The lowest BCUT2D eigenvalue weighted by Gasteiger charge is -2.32. The highest BCUT2D eigenvalue weighted by Gasteiger charge is 2.21. The minimum Gasteiger partial charge on any atom is -0.395 e. The van der Waals surface area contributed by atoms with Crippen LogP contribution in [0.2, 0.25) is 0 Å². The Morgan fingerprint density at radius 1 is 1.47 bits per heavy atom. The maximum atomic E-state index is 9.28. The van der Waals surface area contributed by atoms with Crippen molar-refractivity contribution in [2.45, 2.75) is 39.7 Å². The number of aliphatic hydroxyl groups excluding tert-OH is 1. The van der Waals surface area contributed by atoms with E-state index in [0.717, 1.165) is 18.4 Å². The lowest BCUT2D eigenvalue weighted by Crippen LogP contribution is -2.39. The molecule has 1 rings (SSSR count). The minimum absolute atomic E-state index is 0.0227. The van der Waals surface area contributed by atoms with Crippen molar-refractivity contribution >= 4 is 11.7 Å². The quantitative estimate of drug-likeness (QED) is 0.516. The summed E-state index contributed by atoms with van der Waals surface area (Å²) in [7, 11) is 0. The molecule has 0 saturated heterocycles. The molecule has 0 unspecified atom stereocenters. The van der Waals surface area contributed by atoms with Gasteiger partial charge in [-0.1, -0.05) is 13.8 Å². The van der Waals surface area contributed by atoms with Crippen molar-refractivity contribution in [3.05, 3.63) is 23.4 Å². The first-order valence-electron chi connectivity index (χ1n) is 6.74. The van der Waals surface area contributed by atoms with Crippen LogP contribution in [0.25, 0.3) is 0 Å². The van der Waals surface area contributed by atoms with Crippen molar-refractivity contribution in [3.8, 4) is 0 Å². The highest BCUT2D eigenvalue weighted by Crippen LogP contribution is 2.24. The topological polar surface area (TPSA) is 86.2 Å². The second-order valence-electron chi connectivity index (χ2n) is 4.63. The smallest absolute Gasteiger partial charge is 0.140 e. The zero-order valence-corrected chi connectivity index (χ0v) is 12.0. The summed E-state index contributed by atoms with van der Waals surface area (Å²) in [5, 5.41) is 17.0. The van der Waals surface area contributed by atoms with Crippen molar-refractivity contribution in [1.82, 2.24) is 4.98 Å². The number of pyridine rings is 1. The van der Waals surface area contributed by atoms with Gasteiger partial charge in [0.2, 0.25) is 0 Å². The Morgan fingerprint density at radius 3 is 2.58 bits per heavy atom. The second-order valence-corrected chi connectivity index (χ2v) is 4.63. The summed E-state index contributed by atoms with van der Waals surface area (Å²) in [6.07, 6.45) is 3.65. The molecule has 0 aliphatic carbocycles. The first kappa shape index (κ1) is 15.4. The first-order valence-corrected chi connectivity index (χ1v) is 6.74. The summed E-state index contributed by atoms with van der Waals surface area (Å²) >= 11 is 0. The monoisotopic (exact) mass is 264 g/mol. The first-order chi connectivity index (χ1) is 9.06. The van der Waals surface area contributed by atoms with Crippen molar-refractivity contribution < 1.29 is 5.11 Å². The molecule has 0 saturated carbocycles. The number of nitrogens with two attached hydrogens (primary N) is 1. The molecule has 0 fully saturated rings. The van der Waals surface area contributed by atoms with Gasteiger partial charge in [-0.05, 0) is 31.4 Å². The Balaban J connectivity index is 3.29. The summed E-state index contributed by atoms with van der Waals surface area (Å²) in [5.41, 5.74) is 7.29. The normalized spacial score (nSPS) is 10.8. The van der Waals surface area contributed by atoms with Crippen molar-refractivity contribution in [3.63, 3.8) is 0 Å². The van der Waals surface area contributed by atoms with Crippen LogP contribution in [0.5, 0.6) is 0 Å². The molecule has 0 atom stereocenters. The molecule has 0 aliphatic rings. The Hall–Kier alpha value is -1.62. The molecule has 4 N–H and O–H groups in total. The molecule has 0 aliphatic heterocycles. The van der Waals surface area contributed by atoms with Gasteiger partial charge in [0.05, 0.1) is 12.2 Å². The molecule has 0 radical (unpaired) electrons. The number of anilines is 1. The van der Waals surface area contributed by atoms with Crippen LogP contribution in [0.3, 0.4) is 0 Å². The largest absolute Gasteiger partial charge is 0.395 e. The number of amidine groups is 1. The predicted octanol–water partition coefficient (Wildman–Crippen LogP) is 1.66. The van der Waals surface area contributed by atoms with Crippen LogP contribution in [-0.4, -0.2) is 35.1 Å². The van der Waals surface area contributed by atoms with Crippen LogP contribution in [0.4, 0.5) is 5.82 Å². The number of nitrogens with zero attached hydrogens (tertiary/aromatic N) is 2. The van der Waals surface area contributed by atoms with Crippen LogP contribution in [-0.2, 0) is 0 Å². The molecule has 0 bridgehead atoms. The third-order valence-electron chi connectivity index (χ3n) is 3.40. The van der Waals surface area contributed by atoms with Crippen LogP contribution in [0.15, 0.2) is 12.3 Å². The Bertz CT molecular complexity index is 429. The van der Waals surface area contributed by atoms with Gasteiger partial charge in [-0.15, -0.1) is 0 Å². The molecule has 0 spiro atoms. The summed E-state index contributed by atoms with van der Waals surface area (Å²) in [6.45, 7) is 6.71. The van der Waals surface area contributed by atoms with E-state index in [1.54, 1.807) is 6.20 Å². The fourth-order valence-corrected chi connectivity index (χ4v) is 2.39. The molecule has 106 valence electrons. The van der Waals surface area contributed by atoms with E-state index >= 15 is 0 Å². The second kappa shape index (κ2) is 7.09. The van der Waals surface area contributed by atoms with Gasteiger partial charge in [-0.3, -0.25) is 5.41 Å². The van der Waals surface area contributed by atoms with Crippen molar-refractivity contribution in [1.29, 1.82) is 5.41 Å². The molecule has 0 amide bonds. The number of aryl methyl sites for hydroxylation is 1. The number of aliphatic hydroxyl groups is 1. The number of aromatic nitrogens is 1. The summed E-state index contributed by atoms with van der Waals surface area (Å²) in [6, 6.07) is 2.14. The predicted molar refractivity (Wildman–Crippen MR) is 78.8 cm³/mol. The number of rotatable bonds is 7. The number of nitrogens with one attached hydrogen (secondary N) is 1. The zero-order chi connectivity index (χ0) is 14.4. The lowest BCUT2D eigenvalue weighted by molar-refractivity contribution is 0.295. The molecular formula is C14H24N4O. The van der Waals surface area contributed by atoms with Gasteiger partial charge in [-0.2, -0.15) is 0 Å². The number of hydrogen-bond acceptors (Lipinski definition) is 4. The lowest BCUT2D eigenvalue weighted by atomic mass is 10.1. The van der Waals surface area contributed by atoms with E-state index in [-0.39, 0.29) is 12.4 Å². The maximum absolute atomic E-state index is 9.28. The van der Waals surface area contributed by atoms with E-state index in [1.807, 2.05) is 13.0 Å². The SMILES string of the molecule is CCC(CC)N(CCO)c1nccc(C)c1C(=N)N. The number of nitrogen functional groups attached to an aromatic ring is 1. The van der Waals surface area contributed by atoms with Crippen molar-refractivity contribution in [2.75, 3.05) is 18.1 Å². The van der Waals surface area contributed by atoms with Gasteiger partial charge in [0, 0.05) is 18.8 Å². The highest BCUT2D eigenvalue weighted by molar-refractivity contribution is 6.01. The molecule has 19 heavy (non-hydrogen) atoms. The molecule has 1 heterocycles. The summed E-state index contributed by atoms with van der Waals surface area (Å²) in [5.74, 6) is 0.727. The fraction of sp³-hybridized carbons (Fsp3) is 0.571. The van der Waals surface area contributed by atoms with Crippen LogP contribution in [0.1, 0.15) is 37.8 Å². The molecule has 5 nitrogen and oxygen atoms in total. The van der Waals surface area contributed by atoms with E-state index < -0.39 is 0 Å². The fourth-order valence-electron chi connectivity index (χ4n) is 2.39. The Morgan fingerprint density at radius 2 is 2.11 bits per heavy atom. The van der Waals surface area contributed by atoms with Gasteiger partial charge < -0.3 is 15.7 Å². The van der Waals surface area contributed by atoms with Gasteiger partial charge in [0.1, 0.15) is 11.7 Å². The van der Waals surface area contributed by atoms with E-state index in [9.17, 15) is 5.11 Å². The zero-order valence-electron chi connectivity index (χ0n) is 12.0. The average molecular weight is 264 g/mol. The van der Waals surface area contributed by atoms with Crippen LogP contribution in [0, 0.1) is 12.3 Å². The molecule has 1 aromatic heterocycles.